The number of hydrogen-bond acceptors (Lipinski definition) is 7. The van der Waals surface area contributed by atoms with Crippen molar-refractivity contribution in [1.29, 1.82) is 0 Å². The SMILES string of the molecule is CCOC(=O)CN(CCOC)C(=O)C1CCN(C2=NS(=O)(=O)c3ccccc32)CC1. The van der Waals surface area contributed by atoms with Gasteiger partial charge in [0, 0.05) is 38.2 Å². The molecular weight excluding hydrogens is 410 g/mol. The Kier molecular flexibility index (Phi) is 7.09. The summed E-state index contributed by atoms with van der Waals surface area (Å²) >= 11 is 0. The van der Waals surface area contributed by atoms with Crippen molar-refractivity contribution in [2.24, 2.45) is 10.3 Å². The lowest BCUT2D eigenvalue weighted by molar-refractivity contribution is -0.151. The molecule has 0 aromatic heterocycles. The van der Waals surface area contributed by atoms with Crippen LogP contribution in [0.25, 0.3) is 0 Å². The Labute approximate surface area is 176 Å². The second-order valence-corrected chi connectivity index (χ2v) is 8.78. The quantitative estimate of drug-likeness (QED) is 0.583. The topological polar surface area (TPSA) is 106 Å². The van der Waals surface area contributed by atoms with Crippen LogP contribution < -0.4 is 0 Å². The molecule has 0 N–H and O–H groups in total. The zero-order valence-electron chi connectivity index (χ0n) is 17.2. The van der Waals surface area contributed by atoms with Crippen molar-refractivity contribution in [3.63, 3.8) is 0 Å². The minimum Gasteiger partial charge on any atom is -0.465 e. The minimum absolute atomic E-state index is 0.103. The van der Waals surface area contributed by atoms with Crippen LogP contribution in [0.5, 0.6) is 0 Å². The van der Waals surface area contributed by atoms with Gasteiger partial charge in [0.15, 0.2) is 5.84 Å². The largest absolute Gasteiger partial charge is 0.465 e. The van der Waals surface area contributed by atoms with Crippen molar-refractivity contribution in [1.82, 2.24) is 9.80 Å². The van der Waals surface area contributed by atoms with Crippen LogP contribution in [-0.2, 0) is 29.1 Å². The van der Waals surface area contributed by atoms with E-state index in [0.717, 1.165) is 0 Å². The van der Waals surface area contributed by atoms with Crippen LogP contribution in [0, 0.1) is 5.92 Å². The average Bonchev–Trinajstić information content (AvgIpc) is 3.02. The minimum atomic E-state index is -3.67. The zero-order valence-corrected chi connectivity index (χ0v) is 18.1. The Morgan fingerprint density at radius 3 is 2.60 bits per heavy atom. The van der Waals surface area contributed by atoms with Gasteiger partial charge in [0.25, 0.3) is 10.0 Å². The van der Waals surface area contributed by atoms with Crippen LogP contribution in [0.1, 0.15) is 25.3 Å². The number of piperidine rings is 1. The van der Waals surface area contributed by atoms with E-state index in [2.05, 4.69) is 4.40 Å². The first-order chi connectivity index (χ1) is 14.4. The van der Waals surface area contributed by atoms with Gasteiger partial charge in [-0.25, -0.2) is 0 Å². The van der Waals surface area contributed by atoms with Gasteiger partial charge in [-0.1, -0.05) is 12.1 Å². The van der Waals surface area contributed by atoms with Gasteiger partial charge in [0.05, 0.1) is 13.2 Å². The monoisotopic (exact) mass is 437 g/mol. The maximum Gasteiger partial charge on any atom is 0.325 e. The summed E-state index contributed by atoms with van der Waals surface area (Å²) in [4.78, 5) is 28.5. The molecule has 0 bridgehead atoms. The van der Waals surface area contributed by atoms with Crippen molar-refractivity contribution in [2.45, 2.75) is 24.7 Å². The molecule has 1 aromatic rings. The zero-order chi connectivity index (χ0) is 21.7. The average molecular weight is 438 g/mol. The smallest absolute Gasteiger partial charge is 0.325 e. The number of ether oxygens (including phenoxy) is 2. The lowest BCUT2D eigenvalue weighted by atomic mass is 9.94. The molecule has 2 aliphatic rings. The summed E-state index contributed by atoms with van der Waals surface area (Å²) in [7, 11) is -2.13. The molecule has 9 nitrogen and oxygen atoms in total. The Balaban J connectivity index is 1.65. The lowest BCUT2D eigenvalue weighted by Gasteiger charge is -2.35. The molecule has 1 amide bonds. The second kappa shape index (κ2) is 9.57. The number of sulfonamides is 1. The van der Waals surface area contributed by atoms with Gasteiger partial charge < -0.3 is 19.3 Å². The maximum atomic E-state index is 13.0. The summed E-state index contributed by atoms with van der Waals surface area (Å²) < 4.78 is 38.6. The van der Waals surface area contributed by atoms with E-state index in [1.54, 1.807) is 38.3 Å². The predicted octanol–water partition coefficient (Wildman–Crippen LogP) is 0.886. The Morgan fingerprint density at radius 1 is 1.23 bits per heavy atom. The summed E-state index contributed by atoms with van der Waals surface area (Å²) in [6.07, 6.45) is 1.10. The van der Waals surface area contributed by atoms with E-state index in [0.29, 0.717) is 50.5 Å². The number of fused-ring (bicyclic) bond motifs is 1. The highest BCUT2D eigenvalue weighted by molar-refractivity contribution is 7.90. The van der Waals surface area contributed by atoms with Crippen LogP contribution in [0.3, 0.4) is 0 Å². The Hall–Kier alpha value is -2.46. The van der Waals surface area contributed by atoms with Crippen molar-refractivity contribution in [3.05, 3.63) is 29.8 Å². The number of carbonyl (C=O) groups is 2. The fourth-order valence-corrected chi connectivity index (χ4v) is 4.97. The van der Waals surface area contributed by atoms with Crippen LogP contribution in [0.2, 0.25) is 0 Å². The Morgan fingerprint density at radius 2 is 1.93 bits per heavy atom. The highest BCUT2D eigenvalue weighted by Crippen LogP contribution is 2.30. The van der Waals surface area contributed by atoms with Crippen LogP contribution in [0.4, 0.5) is 0 Å². The summed E-state index contributed by atoms with van der Waals surface area (Å²) in [5.41, 5.74) is 0.603. The van der Waals surface area contributed by atoms with Crippen LogP contribution in [0.15, 0.2) is 33.6 Å². The number of esters is 1. The van der Waals surface area contributed by atoms with Crippen molar-refractivity contribution in [3.8, 4) is 0 Å². The first-order valence-electron chi connectivity index (χ1n) is 10.00. The van der Waals surface area contributed by atoms with Gasteiger partial charge >= 0.3 is 5.97 Å². The highest BCUT2D eigenvalue weighted by Gasteiger charge is 2.35. The summed E-state index contributed by atoms with van der Waals surface area (Å²) in [6.45, 7) is 3.54. The third-order valence-corrected chi connectivity index (χ3v) is 6.58. The first kappa shape index (κ1) is 22.2. The molecule has 0 atom stereocenters. The second-order valence-electron chi connectivity index (χ2n) is 7.21. The number of amides is 1. The molecule has 0 saturated carbocycles. The van der Waals surface area contributed by atoms with Gasteiger partial charge in [0.1, 0.15) is 11.4 Å². The van der Waals surface area contributed by atoms with E-state index in [-0.39, 0.29) is 29.9 Å². The number of rotatable bonds is 7. The van der Waals surface area contributed by atoms with Crippen LogP contribution in [-0.4, -0.2) is 82.4 Å². The van der Waals surface area contributed by atoms with Gasteiger partial charge in [-0.3, -0.25) is 9.59 Å². The number of carbonyl (C=O) groups excluding carboxylic acids is 2. The van der Waals surface area contributed by atoms with Gasteiger partial charge in [-0.2, -0.15) is 8.42 Å². The molecule has 30 heavy (non-hydrogen) atoms. The van der Waals surface area contributed by atoms with Gasteiger partial charge in [0.2, 0.25) is 5.91 Å². The van der Waals surface area contributed by atoms with Crippen LogP contribution >= 0.6 is 0 Å². The van der Waals surface area contributed by atoms with E-state index in [1.165, 1.54) is 4.90 Å². The molecule has 0 spiro atoms. The van der Waals surface area contributed by atoms with Crippen molar-refractivity contribution in [2.75, 3.05) is 46.5 Å². The maximum absolute atomic E-state index is 13.0. The molecule has 0 aliphatic carbocycles. The van der Waals surface area contributed by atoms with Gasteiger partial charge in [-0.15, -0.1) is 4.40 Å². The number of nitrogens with zero attached hydrogens (tertiary/aromatic N) is 3. The fraction of sp³-hybridized carbons (Fsp3) is 0.550. The summed E-state index contributed by atoms with van der Waals surface area (Å²) in [5, 5.41) is 0. The van der Waals surface area contributed by atoms with E-state index in [9.17, 15) is 18.0 Å². The number of likely N-dealkylation sites (tertiary alicyclic amines) is 1. The molecule has 0 unspecified atom stereocenters. The number of amidine groups is 1. The molecule has 3 rings (SSSR count). The molecule has 164 valence electrons. The molecule has 1 aromatic carbocycles. The molecular formula is C20H27N3O6S. The van der Waals surface area contributed by atoms with E-state index in [4.69, 9.17) is 9.47 Å². The van der Waals surface area contributed by atoms with Crippen molar-refractivity contribution >= 4 is 27.7 Å². The lowest BCUT2D eigenvalue weighted by Crippen LogP contribution is -2.46. The normalized spacial score (nSPS) is 17.9. The molecule has 0 radical (unpaired) electrons. The molecule has 2 aliphatic heterocycles. The molecule has 10 heteroatoms. The van der Waals surface area contributed by atoms with Gasteiger partial charge in [-0.05, 0) is 31.9 Å². The predicted molar refractivity (Wildman–Crippen MR) is 110 cm³/mol. The first-order valence-corrected chi connectivity index (χ1v) is 11.4. The highest BCUT2D eigenvalue weighted by atomic mass is 32.2. The van der Waals surface area contributed by atoms with E-state index >= 15 is 0 Å². The molecule has 1 fully saturated rings. The third kappa shape index (κ3) is 4.81. The number of benzene rings is 1. The molecule has 2 heterocycles. The standard InChI is InChI=1S/C20H27N3O6S/c1-3-29-18(24)14-23(12-13-28-2)20(25)15-8-10-22(11-9-15)19-16-6-4-5-7-17(16)30(26,27)21-19/h4-7,15H,3,8-14H2,1-2H3. The van der Waals surface area contributed by atoms with E-state index < -0.39 is 16.0 Å². The number of hydrogen-bond donors (Lipinski definition) is 0. The number of methoxy groups -OCH3 is 1. The summed E-state index contributed by atoms with van der Waals surface area (Å²) in [6, 6.07) is 6.77. The Bertz CT molecular complexity index is 922. The molecule has 1 saturated heterocycles. The third-order valence-electron chi connectivity index (χ3n) is 5.26. The van der Waals surface area contributed by atoms with E-state index in [1.807, 2.05) is 4.90 Å². The fourth-order valence-electron chi connectivity index (χ4n) is 3.74. The summed E-state index contributed by atoms with van der Waals surface area (Å²) in [5.74, 6) is -0.358. The van der Waals surface area contributed by atoms with Crippen molar-refractivity contribution < 1.29 is 27.5 Å².